The van der Waals surface area contributed by atoms with Gasteiger partial charge in [0, 0.05) is 17.8 Å². The Labute approximate surface area is 230 Å². The minimum absolute atomic E-state index is 0.317. The van der Waals surface area contributed by atoms with Crippen LogP contribution in [0, 0.1) is 12.3 Å². The third-order valence-corrected chi connectivity index (χ3v) is 6.09. The van der Waals surface area contributed by atoms with Crippen LogP contribution in [0.15, 0.2) is 66.7 Å². The summed E-state index contributed by atoms with van der Waals surface area (Å²) in [7, 11) is 0. The Morgan fingerprint density at radius 2 is 1.67 bits per heavy atom. The number of carbonyl (C=O) groups is 3. The fraction of sp³-hybridized carbons (Fsp3) is 0.344. The summed E-state index contributed by atoms with van der Waals surface area (Å²) < 4.78 is 5.28. The van der Waals surface area contributed by atoms with E-state index in [0.717, 1.165) is 23.6 Å². The Bertz CT molecular complexity index is 1350. The van der Waals surface area contributed by atoms with Crippen LogP contribution in [0.1, 0.15) is 64.1 Å². The number of rotatable bonds is 10. The second-order valence-electron chi connectivity index (χ2n) is 10.3. The Kier molecular flexibility index (Phi) is 10.1. The summed E-state index contributed by atoms with van der Waals surface area (Å²) in [6.45, 7) is 7.30. The van der Waals surface area contributed by atoms with Crippen LogP contribution < -0.4 is 10.6 Å². The van der Waals surface area contributed by atoms with Crippen LogP contribution in [0.2, 0.25) is 0 Å². The Morgan fingerprint density at radius 1 is 0.974 bits per heavy atom. The SMILES string of the molecule is C#Cc1ccccc1C(C(=O)Nc1ccc2ccccc2c1)N(CCCCC)C(=O)CNC(=O)OC(C)(C)C. The van der Waals surface area contributed by atoms with Gasteiger partial charge in [0.25, 0.3) is 5.91 Å². The zero-order valence-electron chi connectivity index (χ0n) is 23.1. The predicted molar refractivity (Wildman–Crippen MR) is 155 cm³/mol. The van der Waals surface area contributed by atoms with E-state index in [1.807, 2.05) is 42.5 Å². The number of anilines is 1. The molecule has 0 heterocycles. The molecule has 0 bridgehead atoms. The zero-order valence-corrected chi connectivity index (χ0v) is 23.1. The number of carbonyl (C=O) groups excluding carboxylic acids is 3. The fourth-order valence-corrected chi connectivity index (χ4v) is 4.29. The first-order valence-corrected chi connectivity index (χ1v) is 13.2. The molecule has 3 rings (SSSR count). The Balaban J connectivity index is 1.96. The molecule has 2 N–H and O–H groups in total. The molecule has 0 radical (unpaired) electrons. The zero-order chi connectivity index (χ0) is 28.4. The number of ether oxygens (including phenoxy) is 1. The fourth-order valence-electron chi connectivity index (χ4n) is 4.29. The van der Waals surface area contributed by atoms with Crippen molar-refractivity contribution in [2.75, 3.05) is 18.4 Å². The van der Waals surface area contributed by atoms with Crippen molar-refractivity contribution < 1.29 is 19.1 Å². The number of hydrogen-bond donors (Lipinski definition) is 2. The number of terminal acetylenes is 1. The Morgan fingerprint density at radius 3 is 2.36 bits per heavy atom. The normalized spacial score (nSPS) is 11.8. The highest BCUT2D eigenvalue weighted by atomic mass is 16.6. The molecule has 0 aliphatic carbocycles. The lowest BCUT2D eigenvalue weighted by molar-refractivity contribution is -0.138. The number of nitrogens with one attached hydrogen (secondary N) is 2. The van der Waals surface area contributed by atoms with Crippen LogP contribution in [0.25, 0.3) is 10.8 Å². The van der Waals surface area contributed by atoms with Gasteiger partial charge < -0.3 is 20.3 Å². The number of fused-ring (bicyclic) bond motifs is 1. The maximum absolute atomic E-state index is 13.9. The van der Waals surface area contributed by atoms with Gasteiger partial charge in [-0.1, -0.05) is 74.2 Å². The lowest BCUT2D eigenvalue weighted by Crippen LogP contribution is -2.47. The molecule has 0 fully saturated rings. The lowest BCUT2D eigenvalue weighted by Gasteiger charge is -2.32. The molecule has 0 aromatic heterocycles. The smallest absolute Gasteiger partial charge is 0.408 e. The van der Waals surface area contributed by atoms with Crippen molar-refractivity contribution in [3.05, 3.63) is 77.9 Å². The van der Waals surface area contributed by atoms with Gasteiger partial charge in [-0.05, 0) is 61.7 Å². The van der Waals surface area contributed by atoms with Crippen LogP contribution >= 0.6 is 0 Å². The van der Waals surface area contributed by atoms with E-state index in [-0.39, 0.29) is 6.54 Å². The molecular formula is C32H37N3O4. The van der Waals surface area contributed by atoms with Crippen molar-refractivity contribution in [1.29, 1.82) is 0 Å². The number of alkyl carbamates (subject to hydrolysis) is 1. The van der Waals surface area contributed by atoms with Crippen molar-refractivity contribution in [1.82, 2.24) is 10.2 Å². The minimum Gasteiger partial charge on any atom is -0.444 e. The van der Waals surface area contributed by atoms with Gasteiger partial charge in [0.15, 0.2) is 0 Å². The van der Waals surface area contributed by atoms with Crippen LogP contribution in [-0.2, 0) is 14.3 Å². The molecule has 0 aliphatic heterocycles. The van der Waals surface area contributed by atoms with Crippen LogP contribution in [0.5, 0.6) is 0 Å². The molecule has 0 spiro atoms. The molecule has 0 saturated carbocycles. The molecule has 0 saturated heterocycles. The van der Waals surface area contributed by atoms with Gasteiger partial charge in [-0.25, -0.2) is 4.79 Å². The predicted octanol–water partition coefficient (Wildman–Crippen LogP) is 6.04. The number of benzene rings is 3. The summed E-state index contributed by atoms with van der Waals surface area (Å²) in [5.41, 5.74) is 0.960. The molecule has 1 unspecified atom stereocenters. The average Bonchev–Trinajstić information content (AvgIpc) is 2.90. The molecule has 0 aliphatic rings. The summed E-state index contributed by atoms with van der Waals surface area (Å²) in [6, 6.07) is 19.6. The van der Waals surface area contributed by atoms with Crippen molar-refractivity contribution in [2.24, 2.45) is 0 Å². The molecule has 3 aromatic carbocycles. The largest absolute Gasteiger partial charge is 0.444 e. The third kappa shape index (κ3) is 8.34. The molecule has 3 amide bonds. The van der Waals surface area contributed by atoms with Crippen molar-refractivity contribution in [2.45, 2.75) is 58.6 Å². The van der Waals surface area contributed by atoms with Crippen molar-refractivity contribution in [3.8, 4) is 12.3 Å². The maximum Gasteiger partial charge on any atom is 0.408 e. The first kappa shape index (κ1) is 29.2. The number of hydrogen-bond acceptors (Lipinski definition) is 4. The second kappa shape index (κ2) is 13.5. The monoisotopic (exact) mass is 527 g/mol. The van der Waals surface area contributed by atoms with E-state index in [4.69, 9.17) is 11.2 Å². The second-order valence-corrected chi connectivity index (χ2v) is 10.3. The number of nitrogens with zero attached hydrogens (tertiary/aromatic N) is 1. The van der Waals surface area contributed by atoms with E-state index in [1.165, 1.54) is 4.90 Å². The van der Waals surface area contributed by atoms with Gasteiger partial charge in [0.05, 0.1) is 0 Å². The molecule has 1 atom stereocenters. The lowest BCUT2D eigenvalue weighted by atomic mass is 9.97. The van der Waals surface area contributed by atoms with E-state index < -0.39 is 29.6 Å². The van der Waals surface area contributed by atoms with Gasteiger partial charge >= 0.3 is 6.09 Å². The third-order valence-electron chi connectivity index (χ3n) is 6.09. The van der Waals surface area contributed by atoms with E-state index >= 15 is 0 Å². The first-order chi connectivity index (χ1) is 18.6. The maximum atomic E-state index is 13.9. The minimum atomic E-state index is -1.01. The summed E-state index contributed by atoms with van der Waals surface area (Å²) in [5.74, 6) is 1.84. The first-order valence-electron chi connectivity index (χ1n) is 13.2. The standard InChI is InChI=1S/C32H37N3O4/c1-6-8-13-20-35(28(36)22-33-31(38)39-32(3,4)5)29(27-17-12-11-14-23(27)7-2)30(37)34-26-19-18-24-15-9-10-16-25(24)21-26/h2,9-12,14-19,21,29H,6,8,13,20,22H2,1,3-5H3,(H,33,38)(H,34,37). The van der Waals surface area contributed by atoms with E-state index in [9.17, 15) is 14.4 Å². The van der Waals surface area contributed by atoms with Gasteiger partial charge in [0.1, 0.15) is 18.2 Å². The quantitative estimate of drug-likeness (QED) is 0.248. The molecule has 7 heteroatoms. The van der Waals surface area contributed by atoms with Crippen LogP contribution in [0.4, 0.5) is 10.5 Å². The highest BCUT2D eigenvalue weighted by molar-refractivity contribution is 6.00. The van der Waals surface area contributed by atoms with Gasteiger partial charge in [-0.3, -0.25) is 9.59 Å². The van der Waals surface area contributed by atoms with Crippen molar-refractivity contribution >= 4 is 34.4 Å². The van der Waals surface area contributed by atoms with E-state index in [2.05, 4.69) is 23.5 Å². The number of amides is 3. The number of unbranched alkanes of at least 4 members (excludes halogenated alkanes) is 2. The van der Waals surface area contributed by atoms with Gasteiger partial charge in [-0.15, -0.1) is 6.42 Å². The summed E-state index contributed by atoms with van der Waals surface area (Å²) in [4.78, 5) is 41.3. The molecular weight excluding hydrogens is 490 g/mol. The summed E-state index contributed by atoms with van der Waals surface area (Å²) in [6.07, 6.45) is 7.60. The molecule has 204 valence electrons. The Hall–Kier alpha value is -4.31. The van der Waals surface area contributed by atoms with E-state index in [0.29, 0.717) is 29.8 Å². The van der Waals surface area contributed by atoms with Gasteiger partial charge in [0.2, 0.25) is 5.91 Å². The van der Waals surface area contributed by atoms with Crippen LogP contribution in [0.3, 0.4) is 0 Å². The van der Waals surface area contributed by atoms with Gasteiger partial charge in [-0.2, -0.15) is 0 Å². The summed E-state index contributed by atoms with van der Waals surface area (Å²) in [5, 5.41) is 7.55. The van der Waals surface area contributed by atoms with Crippen molar-refractivity contribution in [3.63, 3.8) is 0 Å². The highest BCUT2D eigenvalue weighted by Gasteiger charge is 2.33. The van der Waals surface area contributed by atoms with E-state index in [1.54, 1.807) is 45.0 Å². The molecule has 39 heavy (non-hydrogen) atoms. The summed E-state index contributed by atoms with van der Waals surface area (Å²) >= 11 is 0. The average molecular weight is 528 g/mol. The van der Waals surface area contributed by atoms with Crippen LogP contribution in [-0.4, -0.2) is 41.5 Å². The molecule has 3 aromatic rings. The topological polar surface area (TPSA) is 87.7 Å². The highest BCUT2D eigenvalue weighted by Crippen LogP contribution is 2.28. The molecule has 7 nitrogen and oxygen atoms in total.